The maximum atomic E-state index is 12.6. The van der Waals surface area contributed by atoms with Crippen LogP contribution in [0.3, 0.4) is 0 Å². The number of carbonyl (C=O) groups excluding carboxylic acids is 2. The van der Waals surface area contributed by atoms with Crippen molar-refractivity contribution in [3.63, 3.8) is 0 Å². The minimum atomic E-state index is -0.543. The van der Waals surface area contributed by atoms with E-state index in [-0.39, 0.29) is 12.5 Å². The molecule has 3 N–H and O–H groups in total. The van der Waals surface area contributed by atoms with E-state index in [0.29, 0.717) is 22.0 Å². The maximum Gasteiger partial charge on any atom is 0.413 e. The van der Waals surface area contributed by atoms with Gasteiger partial charge in [-0.05, 0) is 37.3 Å². The number of rotatable bonds is 4. The van der Waals surface area contributed by atoms with Crippen LogP contribution in [-0.4, -0.2) is 33.6 Å². The van der Waals surface area contributed by atoms with Crippen LogP contribution in [0.4, 0.5) is 15.6 Å². The molecule has 0 aliphatic carbocycles. The number of nitrogens with zero attached hydrogens (tertiary/aromatic N) is 2. The van der Waals surface area contributed by atoms with Crippen LogP contribution in [0.5, 0.6) is 0 Å². The molecule has 0 saturated carbocycles. The first-order chi connectivity index (χ1) is 13.1. The Morgan fingerprint density at radius 1 is 1.22 bits per heavy atom. The number of amides is 2. The molecule has 0 atom stereocenters. The van der Waals surface area contributed by atoms with E-state index >= 15 is 0 Å². The highest BCUT2D eigenvalue weighted by atomic mass is 32.1. The summed E-state index contributed by atoms with van der Waals surface area (Å²) in [6, 6.07) is 8.87. The van der Waals surface area contributed by atoms with Gasteiger partial charge >= 0.3 is 6.09 Å². The monoisotopic (exact) mass is 381 g/mol. The zero-order valence-corrected chi connectivity index (χ0v) is 15.1. The summed E-state index contributed by atoms with van der Waals surface area (Å²) in [6.07, 6.45) is 2.79. The van der Waals surface area contributed by atoms with Gasteiger partial charge in [-0.3, -0.25) is 10.1 Å². The minimum absolute atomic E-state index is 0.226. The summed E-state index contributed by atoms with van der Waals surface area (Å²) in [4.78, 5) is 35.7. The van der Waals surface area contributed by atoms with Gasteiger partial charge in [-0.15, -0.1) is 0 Å². The third-order valence-corrected chi connectivity index (χ3v) is 4.77. The first-order valence-electron chi connectivity index (χ1n) is 8.22. The highest BCUT2D eigenvalue weighted by Crippen LogP contribution is 2.29. The molecule has 0 radical (unpaired) electrons. The summed E-state index contributed by atoms with van der Waals surface area (Å²) < 4.78 is 5.68. The number of anilines is 2. The van der Waals surface area contributed by atoms with Gasteiger partial charge in [0.15, 0.2) is 5.13 Å². The third kappa shape index (κ3) is 3.44. The molecule has 27 heavy (non-hydrogen) atoms. The minimum Gasteiger partial charge on any atom is -0.450 e. The second kappa shape index (κ2) is 7.04. The van der Waals surface area contributed by atoms with Gasteiger partial charge in [-0.1, -0.05) is 11.3 Å². The lowest BCUT2D eigenvalue weighted by Crippen LogP contribution is -2.12. The van der Waals surface area contributed by atoms with Gasteiger partial charge < -0.3 is 15.0 Å². The highest BCUT2D eigenvalue weighted by molar-refractivity contribution is 7.22. The molecule has 4 aromatic rings. The van der Waals surface area contributed by atoms with E-state index in [1.54, 1.807) is 37.5 Å². The molecule has 3 heterocycles. The molecule has 0 aliphatic rings. The molecule has 136 valence electrons. The molecular weight excluding hydrogens is 366 g/mol. The summed E-state index contributed by atoms with van der Waals surface area (Å²) in [5.41, 5.74) is 2.56. The van der Waals surface area contributed by atoms with Gasteiger partial charge in [-0.25, -0.2) is 14.8 Å². The Bertz CT molecular complexity index is 1150. The first-order valence-corrected chi connectivity index (χ1v) is 9.03. The van der Waals surface area contributed by atoms with Crippen LogP contribution in [0.2, 0.25) is 0 Å². The van der Waals surface area contributed by atoms with E-state index in [9.17, 15) is 9.59 Å². The number of carbonyl (C=O) groups is 2. The lowest BCUT2D eigenvalue weighted by molar-refractivity contribution is 0.102. The van der Waals surface area contributed by atoms with Crippen molar-refractivity contribution in [3.8, 4) is 0 Å². The zero-order valence-electron chi connectivity index (χ0n) is 14.3. The van der Waals surface area contributed by atoms with E-state index in [1.165, 1.54) is 11.3 Å². The zero-order chi connectivity index (χ0) is 18.8. The normalized spacial score (nSPS) is 10.9. The first kappa shape index (κ1) is 17.0. The molecule has 1 aromatic carbocycles. The number of pyridine rings is 1. The molecule has 0 unspecified atom stereocenters. The van der Waals surface area contributed by atoms with Gasteiger partial charge in [0, 0.05) is 23.5 Å². The molecule has 0 aliphatic heterocycles. The van der Waals surface area contributed by atoms with Crippen molar-refractivity contribution >= 4 is 55.4 Å². The van der Waals surface area contributed by atoms with Crippen LogP contribution in [0.15, 0.2) is 42.7 Å². The number of hydrogen-bond acceptors (Lipinski definition) is 6. The molecule has 9 heteroatoms. The van der Waals surface area contributed by atoms with Crippen molar-refractivity contribution in [1.29, 1.82) is 0 Å². The van der Waals surface area contributed by atoms with Crippen molar-refractivity contribution < 1.29 is 14.3 Å². The number of benzene rings is 1. The van der Waals surface area contributed by atoms with Crippen molar-refractivity contribution in [1.82, 2.24) is 15.0 Å². The van der Waals surface area contributed by atoms with Gasteiger partial charge in [0.2, 0.25) is 0 Å². The van der Waals surface area contributed by atoms with E-state index in [2.05, 4.69) is 25.6 Å². The van der Waals surface area contributed by atoms with Gasteiger partial charge in [0.25, 0.3) is 5.91 Å². The smallest absolute Gasteiger partial charge is 0.413 e. The molecule has 4 rings (SSSR count). The predicted molar refractivity (Wildman–Crippen MR) is 104 cm³/mol. The van der Waals surface area contributed by atoms with Crippen molar-refractivity contribution in [3.05, 3.63) is 48.3 Å². The van der Waals surface area contributed by atoms with Crippen LogP contribution in [0, 0.1) is 0 Å². The predicted octanol–water partition coefficient (Wildman–Crippen LogP) is 3.99. The summed E-state index contributed by atoms with van der Waals surface area (Å²) in [6.45, 7) is 2.02. The number of fused-ring (bicyclic) bond motifs is 2. The average Bonchev–Trinajstić information content (AvgIpc) is 3.27. The summed E-state index contributed by atoms with van der Waals surface area (Å²) in [5, 5.41) is 6.67. The standard InChI is InChI=1S/C18H15N5O3S/c1-2-26-18(25)23-17-22-13-4-3-10(9-14(13)27-17)21-16(24)12-6-8-20-15-11(12)5-7-19-15/h3-9H,2H2,1H3,(H,19,20)(H,21,24)(H,22,23,25). The van der Waals surface area contributed by atoms with Crippen molar-refractivity contribution in [2.45, 2.75) is 6.92 Å². The third-order valence-electron chi connectivity index (χ3n) is 3.84. The van der Waals surface area contributed by atoms with E-state index < -0.39 is 6.09 Å². The number of ether oxygens (including phenoxy) is 1. The fourth-order valence-corrected chi connectivity index (χ4v) is 3.56. The lowest BCUT2D eigenvalue weighted by Gasteiger charge is -2.06. The molecule has 3 aromatic heterocycles. The van der Waals surface area contributed by atoms with Gasteiger partial charge in [-0.2, -0.15) is 0 Å². The van der Waals surface area contributed by atoms with Crippen LogP contribution in [0.25, 0.3) is 21.3 Å². The quantitative estimate of drug-likeness (QED) is 0.495. The van der Waals surface area contributed by atoms with E-state index in [4.69, 9.17) is 4.74 Å². The molecule has 8 nitrogen and oxygen atoms in total. The number of thiazole rings is 1. The molecule has 2 amide bonds. The summed E-state index contributed by atoms with van der Waals surface area (Å²) in [7, 11) is 0. The Morgan fingerprint density at radius 2 is 2.11 bits per heavy atom. The van der Waals surface area contributed by atoms with E-state index in [1.807, 2.05) is 12.1 Å². The number of nitrogens with one attached hydrogen (secondary N) is 3. The second-order valence-corrected chi connectivity index (χ2v) is 6.63. The fraction of sp³-hybridized carbons (Fsp3) is 0.111. The van der Waals surface area contributed by atoms with Crippen molar-refractivity contribution in [2.24, 2.45) is 0 Å². The molecular formula is C18H15N5O3S. The molecule has 0 saturated heterocycles. The Balaban J connectivity index is 1.56. The van der Waals surface area contributed by atoms with Crippen molar-refractivity contribution in [2.75, 3.05) is 17.2 Å². The fourth-order valence-electron chi connectivity index (χ4n) is 2.67. The molecule has 0 fully saturated rings. The van der Waals surface area contributed by atoms with Crippen LogP contribution in [0.1, 0.15) is 17.3 Å². The summed E-state index contributed by atoms with van der Waals surface area (Å²) >= 11 is 1.30. The number of hydrogen-bond donors (Lipinski definition) is 3. The maximum absolute atomic E-state index is 12.6. The topological polar surface area (TPSA) is 109 Å². The largest absolute Gasteiger partial charge is 0.450 e. The van der Waals surface area contributed by atoms with Crippen LogP contribution >= 0.6 is 11.3 Å². The second-order valence-electron chi connectivity index (χ2n) is 5.60. The molecule has 0 bridgehead atoms. The number of H-pyrrole nitrogens is 1. The number of aromatic nitrogens is 3. The number of aromatic amines is 1. The Labute approximate surface area is 157 Å². The highest BCUT2D eigenvalue weighted by Gasteiger charge is 2.13. The SMILES string of the molecule is CCOC(=O)Nc1nc2ccc(NC(=O)c3ccnc4[nH]ccc34)cc2s1. The van der Waals surface area contributed by atoms with E-state index in [0.717, 1.165) is 15.6 Å². The van der Waals surface area contributed by atoms with Crippen LogP contribution < -0.4 is 10.6 Å². The van der Waals surface area contributed by atoms with Gasteiger partial charge in [0.05, 0.1) is 22.4 Å². The Morgan fingerprint density at radius 3 is 2.96 bits per heavy atom. The Hall–Kier alpha value is -3.46. The lowest BCUT2D eigenvalue weighted by atomic mass is 10.1. The average molecular weight is 381 g/mol. The van der Waals surface area contributed by atoms with Crippen LogP contribution in [-0.2, 0) is 4.74 Å². The summed E-state index contributed by atoms with van der Waals surface area (Å²) in [5.74, 6) is -0.226. The van der Waals surface area contributed by atoms with Gasteiger partial charge in [0.1, 0.15) is 5.65 Å². The Kier molecular flexibility index (Phi) is 4.43. The molecule has 0 spiro atoms.